The minimum Gasteiger partial charge on any atom is -0.496 e. The van der Waals surface area contributed by atoms with Crippen LogP contribution in [0.1, 0.15) is 54.6 Å². The van der Waals surface area contributed by atoms with E-state index in [1.807, 2.05) is 0 Å². The molecule has 1 atom stereocenters. The van der Waals surface area contributed by atoms with E-state index in [4.69, 9.17) is 4.74 Å². The van der Waals surface area contributed by atoms with Crippen LogP contribution >= 0.6 is 0 Å². The predicted octanol–water partition coefficient (Wildman–Crippen LogP) is 3.15. The normalized spacial score (nSPS) is 16.2. The molecular weight excluding hydrogens is 464 g/mol. The Hall–Kier alpha value is -2.43. The van der Waals surface area contributed by atoms with Crippen molar-refractivity contribution in [2.75, 3.05) is 26.5 Å². The maximum absolute atomic E-state index is 13.1. The average Bonchev–Trinajstić information content (AvgIpc) is 3.07. The minimum absolute atomic E-state index is 0.0407. The first kappa shape index (κ1) is 25.2. The molecule has 2 aromatic rings. The number of rotatable bonds is 7. The van der Waals surface area contributed by atoms with Crippen molar-refractivity contribution in [1.29, 1.82) is 0 Å². The second-order valence-corrected chi connectivity index (χ2v) is 12.0. The zero-order valence-electron chi connectivity index (χ0n) is 19.1. The number of ether oxygens (including phenoxy) is 1. The Morgan fingerprint density at radius 3 is 2.06 bits per heavy atom. The van der Waals surface area contributed by atoms with Gasteiger partial charge in [0.25, 0.3) is 5.91 Å². The average molecular weight is 495 g/mol. The number of sulfonamides is 1. The number of benzene rings is 2. The van der Waals surface area contributed by atoms with Gasteiger partial charge in [-0.15, -0.1) is 0 Å². The molecule has 0 unspecified atom stereocenters. The number of hydrogen-bond acceptors (Lipinski definition) is 6. The van der Waals surface area contributed by atoms with Gasteiger partial charge in [0.15, 0.2) is 9.84 Å². The van der Waals surface area contributed by atoms with Crippen LogP contribution in [-0.2, 0) is 19.9 Å². The summed E-state index contributed by atoms with van der Waals surface area (Å²) in [7, 11) is -5.85. The lowest BCUT2D eigenvalue weighted by Gasteiger charge is -2.22. The lowest BCUT2D eigenvalue weighted by Crippen LogP contribution is -2.32. The van der Waals surface area contributed by atoms with Crippen LogP contribution in [0.15, 0.2) is 52.3 Å². The molecule has 0 saturated carbocycles. The van der Waals surface area contributed by atoms with Crippen molar-refractivity contribution >= 4 is 25.8 Å². The van der Waals surface area contributed by atoms with E-state index in [1.54, 1.807) is 24.0 Å². The van der Waals surface area contributed by atoms with Gasteiger partial charge in [-0.25, -0.2) is 21.6 Å². The molecule has 33 heavy (non-hydrogen) atoms. The molecule has 1 saturated heterocycles. The van der Waals surface area contributed by atoms with Gasteiger partial charge in [-0.05, 0) is 55.7 Å². The van der Waals surface area contributed by atoms with Gasteiger partial charge in [-0.2, -0.15) is 0 Å². The molecule has 0 spiro atoms. The molecule has 2 aromatic carbocycles. The maximum atomic E-state index is 13.1. The van der Waals surface area contributed by atoms with Crippen LogP contribution in [-0.4, -0.2) is 54.1 Å². The van der Waals surface area contributed by atoms with Crippen LogP contribution in [0.4, 0.5) is 0 Å². The van der Waals surface area contributed by atoms with E-state index in [0.29, 0.717) is 24.4 Å². The highest BCUT2D eigenvalue weighted by Gasteiger charge is 2.25. The summed E-state index contributed by atoms with van der Waals surface area (Å²) < 4.78 is 57.4. The number of nitrogens with one attached hydrogen (secondary N) is 1. The molecule has 180 valence electrons. The molecule has 3 rings (SSSR count). The van der Waals surface area contributed by atoms with Crippen LogP contribution in [0.25, 0.3) is 0 Å². The Morgan fingerprint density at radius 2 is 1.52 bits per heavy atom. The molecule has 1 N–H and O–H groups in total. The number of amides is 1. The van der Waals surface area contributed by atoms with Crippen molar-refractivity contribution in [3.05, 3.63) is 53.6 Å². The number of carbonyl (C=O) groups excluding carboxylic acids is 1. The van der Waals surface area contributed by atoms with E-state index in [2.05, 4.69) is 4.72 Å². The third-order valence-corrected chi connectivity index (χ3v) is 8.41. The van der Waals surface area contributed by atoms with Crippen LogP contribution in [0.5, 0.6) is 5.75 Å². The van der Waals surface area contributed by atoms with Gasteiger partial charge in [-0.1, -0.05) is 25.0 Å². The Labute approximate surface area is 195 Å². The topological polar surface area (TPSA) is 110 Å². The Balaban J connectivity index is 1.85. The summed E-state index contributed by atoms with van der Waals surface area (Å²) in [5.74, 6) is 0.0859. The zero-order valence-corrected chi connectivity index (χ0v) is 20.7. The largest absolute Gasteiger partial charge is 0.496 e. The number of nitrogens with zero attached hydrogens (tertiary/aromatic N) is 1. The molecule has 1 amide bonds. The van der Waals surface area contributed by atoms with Crippen LogP contribution in [0.2, 0.25) is 0 Å². The van der Waals surface area contributed by atoms with E-state index in [0.717, 1.165) is 31.9 Å². The van der Waals surface area contributed by atoms with Crippen molar-refractivity contribution in [2.24, 2.45) is 0 Å². The molecule has 0 aliphatic carbocycles. The first-order valence-electron chi connectivity index (χ1n) is 10.8. The van der Waals surface area contributed by atoms with Crippen molar-refractivity contribution in [1.82, 2.24) is 9.62 Å². The van der Waals surface area contributed by atoms with Gasteiger partial charge in [0.05, 0.1) is 22.5 Å². The molecule has 8 nitrogen and oxygen atoms in total. The van der Waals surface area contributed by atoms with E-state index < -0.39 is 25.9 Å². The number of carbonyl (C=O) groups is 1. The fourth-order valence-corrected chi connectivity index (χ4v) is 5.73. The summed E-state index contributed by atoms with van der Waals surface area (Å²) in [6.07, 6.45) is 5.10. The summed E-state index contributed by atoms with van der Waals surface area (Å²) in [6.45, 7) is 2.94. The van der Waals surface area contributed by atoms with Gasteiger partial charge in [0.1, 0.15) is 5.75 Å². The van der Waals surface area contributed by atoms with Crippen molar-refractivity contribution in [3.8, 4) is 5.75 Å². The van der Waals surface area contributed by atoms with Gasteiger partial charge < -0.3 is 9.64 Å². The van der Waals surface area contributed by atoms with Crippen molar-refractivity contribution in [2.45, 2.75) is 48.4 Å². The molecule has 10 heteroatoms. The van der Waals surface area contributed by atoms with Gasteiger partial charge in [0, 0.05) is 25.4 Å². The molecular formula is C23H30N2O6S2. The Bertz CT molecular complexity index is 1200. The predicted molar refractivity (Wildman–Crippen MR) is 126 cm³/mol. The Morgan fingerprint density at radius 1 is 0.939 bits per heavy atom. The van der Waals surface area contributed by atoms with Gasteiger partial charge in [-0.3, -0.25) is 4.79 Å². The zero-order chi connectivity index (χ0) is 24.2. The summed E-state index contributed by atoms with van der Waals surface area (Å²) in [5.41, 5.74) is 0.827. The van der Waals surface area contributed by atoms with Crippen LogP contribution in [0.3, 0.4) is 0 Å². The number of hydrogen-bond donors (Lipinski definition) is 1. The third-order valence-electron chi connectivity index (χ3n) is 5.75. The summed E-state index contributed by atoms with van der Waals surface area (Å²) in [4.78, 5) is 15.0. The molecule has 1 fully saturated rings. The van der Waals surface area contributed by atoms with Crippen molar-refractivity contribution < 1.29 is 26.4 Å². The van der Waals surface area contributed by atoms with Gasteiger partial charge in [0.2, 0.25) is 10.0 Å². The highest BCUT2D eigenvalue weighted by molar-refractivity contribution is 7.90. The highest BCUT2D eigenvalue weighted by atomic mass is 32.2. The fourth-order valence-electron chi connectivity index (χ4n) is 3.84. The molecule has 0 radical (unpaired) electrons. The fraction of sp³-hybridized carbons (Fsp3) is 0.435. The summed E-state index contributed by atoms with van der Waals surface area (Å²) in [5, 5.41) is 0. The standard InChI is InChI=1S/C23H30N2O6S2/c1-17(18-8-10-19(11-9-18)32(3,27)28)24-33(29,30)20-12-13-22(31-2)21(16-20)23(26)25-14-6-4-5-7-15-25/h8-13,16-17,24H,4-7,14-15H2,1-3H3/t17-/m1/s1. The molecule has 0 aromatic heterocycles. The monoisotopic (exact) mass is 494 g/mol. The lowest BCUT2D eigenvalue weighted by molar-refractivity contribution is 0.0758. The van der Waals surface area contributed by atoms with Crippen LogP contribution < -0.4 is 9.46 Å². The van der Waals surface area contributed by atoms with Crippen LogP contribution in [0, 0.1) is 0 Å². The lowest BCUT2D eigenvalue weighted by atomic mass is 10.1. The molecule has 1 aliphatic heterocycles. The smallest absolute Gasteiger partial charge is 0.257 e. The minimum atomic E-state index is -3.96. The second-order valence-electron chi connectivity index (χ2n) is 8.25. The first-order valence-corrected chi connectivity index (χ1v) is 14.2. The van der Waals surface area contributed by atoms with E-state index >= 15 is 0 Å². The quantitative estimate of drug-likeness (QED) is 0.633. The maximum Gasteiger partial charge on any atom is 0.257 e. The highest BCUT2D eigenvalue weighted by Crippen LogP contribution is 2.26. The Kier molecular flexibility index (Phi) is 7.81. The summed E-state index contributed by atoms with van der Waals surface area (Å²) >= 11 is 0. The number of methoxy groups -OCH3 is 1. The number of sulfone groups is 1. The van der Waals surface area contributed by atoms with Gasteiger partial charge >= 0.3 is 0 Å². The molecule has 1 heterocycles. The van der Waals surface area contributed by atoms with E-state index in [1.165, 1.54) is 37.4 Å². The van der Waals surface area contributed by atoms with E-state index in [-0.39, 0.29) is 21.3 Å². The summed E-state index contributed by atoms with van der Waals surface area (Å²) in [6, 6.07) is 9.67. The third kappa shape index (κ3) is 6.13. The SMILES string of the molecule is COc1ccc(S(=O)(=O)N[C@H](C)c2ccc(S(C)(=O)=O)cc2)cc1C(=O)N1CCCCCC1. The molecule has 0 bridgehead atoms. The molecule has 1 aliphatic rings. The second kappa shape index (κ2) is 10.2. The van der Waals surface area contributed by atoms with Crippen molar-refractivity contribution in [3.63, 3.8) is 0 Å². The van der Waals surface area contributed by atoms with E-state index in [9.17, 15) is 21.6 Å². The number of likely N-dealkylation sites (tertiary alicyclic amines) is 1. The first-order chi connectivity index (χ1) is 15.5.